The summed E-state index contributed by atoms with van der Waals surface area (Å²) in [6, 6.07) is 8.83. The van der Waals surface area contributed by atoms with Crippen molar-refractivity contribution in [1.82, 2.24) is 20.1 Å². The number of aromatic nitrogens is 3. The summed E-state index contributed by atoms with van der Waals surface area (Å²) in [5, 5.41) is 18.4. The Balaban J connectivity index is 1.33. The molecule has 6 nitrogen and oxygen atoms in total. The van der Waals surface area contributed by atoms with Gasteiger partial charge in [0.25, 0.3) is 0 Å². The number of aliphatic hydroxyl groups is 1. The molecule has 4 heterocycles. The topological polar surface area (TPSA) is 72.2 Å². The van der Waals surface area contributed by atoms with E-state index in [0.29, 0.717) is 0 Å². The lowest BCUT2D eigenvalue weighted by molar-refractivity contribution is -0.104. The second kappa shape index (κ2) is 9.47. The number of nitrogens with one attached hydrogen (secondary N) is 1. The predicted octanol–water partition coefficient (Wildman–Crippen LogP) is 4.64. The molecule has 1 saturated heterocycles. The number of ether oxygens (including phenoxy) is 1. The molecular formula is C27H40N4O2. The van der Waals surface area contributed by atoms with E-state index in [-0.39, 0.29) is 29.2 Å². The van der Waals surface area contributed by atoms with Crippen LogP contribution in [0.15, 0.2) is 36.7 Å². The van der Waals surface area contributed by atoms with Gasteiger partial charge in [-0.3, -0.25) is 9.67 Å². The first kappa shape index (κ1) is 23.0. The third kappa shape index (κ3) is 4.26. The summed E-state index contributed by atoms with van der Waals surface area (Å²) in [4.78, 5) is 4.85. The largest absolute Gasteiger partial charge is 0.396 e. The highest BCUT2D eigenvalue weighted by atomic mass is 16.5. The Bertz CT molecular complexity index is 902. The van der Waals surface area contributed by atoms with Gasteiger partial charge in [-0.05, 0) is 76.1 Å². The number of hydrogen-bond acceptors (Lipinski definition) is 5. The second-order valence-electron chi connectivity index (χ2n) is 10.7. The molecule has 5 rings (SSSR count). The van der Waals surface area contributed by atoms with E-state index in [0.717, 1.165) is 58.1 Å². The monoisotopic (exact) mass is 452 g/mol. The fourth-order valence-electron chi connectivity index (χ4n) is 7.22. The van der Waals surface area contributed by atoms with Gasteiger partial charge < -0.3 is 15.2 Å². The number of pyridine rings is 1. The van der Waals surface area contributed by atoms with Crippen LogP contribution in [0.3, 0.4) is 0 Å². The highest BCUT2D eigenvalue weighted by Crippen LogP contribution is 2.50. The average molecular weight is 453 g/mol. The first-order chi connectivity index (χ1) is 16.1. The van der Waals surface area contributed by atoms with Gasteiger partial charge in [-0.1, -0.05) is 32.3 Å². The van der Waals surface area contributed by atoms with E-state index in [1.807, 2.05) is 18.5 Å². The minimum absolute atomic E-state index is 0.0547. The van der Waals surface area contributed by atoms with Gasteiger partial charge in [0, 0.05) is 36.7 Å². The van der Waals surface area contributed by atoms with Gasteiger partial charge in [0.05, 0.1) is 22.9 Å². The maximum absolute atomic E-state index is 9.79. The van der Waals surface area contributed by atoms with Crippen LogP contribution in [0, 0.1) is 0 Å². The Labute approximate surface area is 198 Å². The van der Waals surface area contributed by atoms with Crippen LogP contribution in [0.5, 0.6) is 0 Å². The zero-order chi connectivity index (χ0) is 22.8. The van der Waals surface area contributed by atoms with E-state index in [2.05, 4.69) is 40.2 Å². The molecule has 1 saturated carbocycles. The lowest BCUT2D eigenvalue weighted by Crippen LogP contribution is -2.47. The summed E-state index contributed by atoms with van der Waals surface area (Å²) in [6.45, 7) is 4.22. The minimum atomic E-state index is -0.0642. The van der Waals surface area contributed by atoms with Crippen LogP contribution < -0.4 is 5.32 Å². The zero-order valence-electron chi connectivity index (χ0n) is 20.1. The molecule has 1 spiro atoms. The summed E-state index contributed by atoms with van der Waals surface area (Å²) < 4.78 is 8.63. The van der Waals surface area contributed by atoms with Gasteiger partial charge in [-0.2, -0.15) is 5.10 Å². The second-order valence-corrected chi connectivity index (χ2v) is 10.7. The quantitative estimate of drug-likeness (QED) is 0.580. The Morgan fingerprint density at radius 2 is 2.00 bits per heavy atom. The fraction of sp³-hybridized carbons (Fsp3) is 0.704. The molecule has 0 bridgehead atoms. The maximum Gasteiger partial charge on any atom is 0.0691 e. The molecule has 3 aliphatic rings. The van der Waals surface area contributed by atoms with E-state index < -0.39 is 0 Å². The van der Waals surface area contributed by atoms with Crippen molar-refractivity contribution >= 4 is 0 Å². The van der Waals surface area contributed by atoms with Crippen LogP contribution in [0.25, 0.3) is 0 Å². The molecule has 3 atom stereocenters. The molecule has 0 aromatic carbocycles. The Morgan fingerprint density at radius 1 is 1.12 bits per heavy atom. The van der Waals surface area contributed by atoms with Crippen LogP contribution in [0.4, 0.5) is 0 Å². The van der Waals surface area contributed by atoms with E-state index in [1.165, 1.54) is 37.1 Å². The third-order valence-corrected chi connectivity index (χ3v) is 8.72. The number of aliphatic hydroxyl groups excluding tert-OH is 1. The first-order valence-corrected chi connectivity index (χ1v) is 13.1. The van der Waals surface area contributed by atoms with Gasteiger partial charge in [-0.25, -0.2) is 0 Å². The molecule has 1 aliphatic carbocycles. The molecule has 2 fully saturated rings. The highest BCUT2D eigenvalue weighted by molar-refractivity contribution is 5.22. The molecule has 2 N–H and O–H groups in total. The van der Waals surface area contributed by atoms with Crippen molar-refractivity contribution in [2.75, 3.05) is 19.8 Å². The van der Waals surface area contributed by atoms with Crippen LogP contribution in [-0.2, 0) is 15.7 Å². The molecule has 0 radical (unpaired) electrons. The molecule has 6 heteroatoms. The van der Waals surface area contributed by atoms with Gasteiger partial charge in [0.2, 0.25) is 0 Å². The molecule has 33 heavy (non-hydrogen) atoms. The molecule has 2 aromatic rings. The number of rotatable bonds is 9. The SMILES string of the molecule is CCCC1(CCO)CC(NCC[C@@]2(c3ccccn3)CCOC3(CCCC3)C2)c2ccnn21. The summed E-state index contributed by atoms with van der Waals surface area (Å²) in [5.41, 5.74) is 2.56. The van der Waals surface area contributed by atoms with E-state index >= 15 is 0 Å². The van der Waals surface area contributed by atoms with Gasteiger partial charge in [-0.15, -0.1) is 0 Å². The Kier molecular flexibility index (Phi) is 6.60. The van der Waals surface area contributed by atoms with Crippen molar-refractivity contribution < 1.29 is 9.84 Å². The molecule has 0 amide bonds. The van der Waals surface area contributed by atoms with Crippen molar-refractivity contribution in [2.24, 2.45) is 0 Å². The van der Waals surface area contributed by atoms with Crippen molar-refractivity contribution in [1.29, 1.82) is 0 Å². The minimum Gasteiger partial charge on any atom is -0.396 e. The van der Waals surface area contributed by atoms with Crippen LogP contribution in [-0.4, -0.2) is 45.2 Å². The lowest BCUT2D eigenvalue weighted by atomic mass is 9.68. The Hall–Kier alpha value is -1.76. The Morgan fingerprint density at radius 3 is 2.76 bits per heavy atom. The summed E-state index contributed by atoms with van der Waals surface area (Å²) in [5.74, 6) is 0. The summed E-state index contributed by atoms with van der Waals surface area (Å²) >= 11 is 0. The normalized spacial score (nSPS) is 30.7. The standard InChI is InChI=1S/C27H40N4O2/c1-2-9-26(13-18-32)20-22(23-8-16-30-31(23)26)28-17-12-25(24-7-3-6-15-29-24)14-19-33-27(21-25)10-4-5-11-27/h3,6-8,15-16,22,28,32H,2,4-5,9-14,17-21H2,1H3/t22?,25-,26?/m1/s1. The van der Waals surface area contributed by atoms with Crippen LogP contribution in [0.2, 0.25) is 0 Å². The van der Waals surface area contributed by atoms with Crippen LogP contribution >= 0.6 is 0 Å². The smallest absolute Gasteiger partial charge is 0.0691 e. The average Bonchev–Trinajstić information content (AvgIpc) is 3.55. The lowest BCUT2D eigenvalue weighted by Gasteiger charge is -2.46. The molecule has 2 aromatic heterocycles. The molecule has 2 aliphatic heterocycles. The number of fused-ring (bicyclic) bond motifs is 1. The summed E-state index contributed by atoms with van der Waals surface area (Å²) in [6.07, 6.45) is 15.9. The van der Waals surface area contributed by atoms with Gasteiger partial charge >= 0.3 is 0 Å². The van der Waals surface area contributed by atoms with Crippen molar-refractivity contribution in [2.45, 2.75) is 100 Å². The summed E-state index contributed by atoms with van der Waals surface area (Å²) in [7, 11) is 0. The predicted molar refractivity (Wildman–Crippen MR) is 129 cm³/mol. The molecule has 2 unspecified atom stereocenters. The number of hydrogen-bond donors (Lipinski definition) is 2. The highest BCUT2D eigenvalue weighted by Gasteiger charge is 2.49. The number of nitrogens with zero attached hydrogens (tertiary/aromatic N) is 3. The van der Waals surface area contributed by atoms with Crippen LogP contribution in [0.1, 0.15) is 95.0 Å². The van der Waals surface area contributed by atoms with Gasteiger partial charge in [0.15, 0.2) is 0 Å². The van der Waals surface area contributed by atoms with Gasteiger partial charge in [0.1, 0.15) is 0 Å². The first-order valence-electron chi connectivity index (χ1n) is 13.1. The van der Waals surface area contributed by atoms with Crippen molar-refractivity contribution in [3.63, 3.8) is 0 Å². The molecule has 180 valence electrons. The zero-order valence-corrected chi connectivity index (χ0v) is 20.1. The maximum atomic E-state index is 9.79. The van der Waals surface area contributed by atoms with Crippen molar-refractivity contribution in [3.8, 4) is 0 Å². The third-order valence-electron chi connectivity index (χ3n) is 8.72. The fourth-order valence-corrected chi connectivity index (χ4v) is 7.22. The molecular weight excluding hydrogens is 412 g/mol. The van der Waals surface area contributed by atoms with E-state index in [9.17, 15) is 5.11 Å². The van der Waals surface area contributed by atoms with E-state index in [4.69, 9.17) is 9.72 Å². The van der Waals surface area contributed by atoms with Crippen molar-refractivity contribution in [3.05, 3.63) is 48.0 Å². The van der Waals surface area contributed by atoms with E-state index in [1.54, 1.807) is 0 Å².